The molecule has 0 aromatic heterocycles. The van der Waals surface area contributed by atoms with E-state index in [1.165, 1.54) is 0 Å². The molecule has 0 aliphatic rings. The molecule has 0 heterocycles. The van der Waals surface area contributed by atoms with Crippen LogP contribution in [0.1, 0.15) is 24.9 Å². The second-order valence-corrected chi connectivity index (χ2v) is 5.23. The van der Waals surface area contributed by atoms with Gasteiger partial charge in [-0.2, -0.15) is 0 Å². The number of carbonyl (C=O) groups is 2. The van der Waals surface area contributed by atoms with Gasteiger partial charge in [-0.3, -0.25) is 0 Å². The van der Waals surface area contributed by atoms with Gasteiger partial charge in [-0.05, 0) is 24.6 Å². The summed E-state index contributed by atoms with van der Waals surface area (Å²) in [7, 11) is 0. The number of amides is 2. The molecular formula is C13H17BrN2O4. The van der Waals surface area contributed by atoms with Gasteiger partial charge < -0.3 is 20.8 Å². The summed E-state index contributed by atoms with van der Waals surface area (Å²) >= 11 is 3.33. The fraction of sp³-hybridized carbons (Fsp3) is 0.385. The van der Waals surface area contributed by atoms with Crippen LogP contribution in [0.2, 0.25) is 0 Å². The van der Waals surface area contributed by atoms with E-state index in [2.05, 4.69) is 26.6 Å². The van der Waals surface area contributed by atoms with Crippen LogP contribution in [0.3, 0.4) is 0 Å². The molecule has 6 nitrogen and oxygen atoms in total. The van der Waals surface area contributed by atoms with E-state index >= 15 is 0 Å². The molecule has 0 aliphatic heterocycles. The Bertz CT molecular complexity index is 464. The summed E-state index contributed by atoms with van der Waals surface area (Å²) < 4.78 is 0.959. The summed E-state index contributed by atoms with van der Waals surface area (Å²) in [4.78, 5) is 22.0. The molecule has 0 saturated heterocycles. The van der Waals surface area contributed by atoms with Crippen molar-refractivity contribution in [3.8, 4) is 0 Å². The van der Waals surface area contributed by atoms with E-state index in [0.717, 1.165) is 10.0 Å². The third kappa shape index (κ3) is 5.58. The van der Waals surface area contributed by atoms with E-state index in [1.54, 1.807) is 0 Å². The van der Waals surface area contributed by atoms with E-state index in [-0.39, 0.29) is 19.0 Å². The molecule has 2 unspecified atom stereocenters. The van der Waals surface area contributed by atoms with Crippen molar-refractivity contribution >= 4 is 27.9 Å². The highest BCUT2D eigenvalue weighted by Gasteiger charge is 2.13. The molecule has 1 rings (SSSR count). The van der Waals surface area contributed by atoms with E-state index in [4.69, 9.17) is 10.2 Å². The van der Waals surface area contributed by atoms with Crippen LogP contribution in [-0.2, 0) is 4.79 Å². The number of rotatable bonds is 6. The summed E-state index contributed by atoms with van der Waals surface area (Å²) in [6.07, 6.45) is -1.49. The number of aliphatic hydroxyl groups is 1. The lowest BCUT2D eigenvalue weighted by Gasteiger charge is -2.15. The lowest BCUT2D eigenvalue weighted by Crippen LogP contribution is -2.39. The molecule has 4 N–H and O–H groups in total. The van der Waals surface area contributed by atoms with E-state index in [0.29, 0.717) is 0 Å². The third-order valence-electron chi connectivity index (χ3n) is 2.71. The van der Waals surface area contributed by atoms with Crippen LogP contribution in [0.25, 0.3) is 0 Å². The van der Waals surface area contributed by atoms with Crippen molar-refractivity contribution in [3.63, 3.8) is 0 Å². The van der Waals surface area contributed by atoms with Crippen LogP contribution >= 0.6 is 15.9 Å². The fourth-order valence-electron chi connectivity index (χ4n) is 1.53. The number of carboxylic acid groups (broad SMARTS) is 1. The number of carbonyl (C=O) groups excluding carboxylic acids is 1. The highest BCUT2D eigenvalue weighted by Crippen LogP contribution is 2.16. The first kappa shape index (κ1) is 16.5. The minimum Gasteiger partial charge on any atom is -0.479 e. The van der Waals surface area contributed by atoms with E-state index < -0.39 is 18.1 Å². The highest BCUT2D eigenvalue weighted by atomic mass is 79.9. The summed E-state index contributed by atoms with van der Waals surface area (Å²) in [6, 6.07) is 6.97. The van der Waals surface area contributed by atoms with Crippen molar-refractivity contribution in [3.05, 3.63) is 34.3 Å². The van der Waals surface area contributed by atoms with Crippen LogP contribution in [0, 0.1) is 0 Å². The topological polar surface area (TPSA) is 98.7 Å². The summed E-state index contributed by atoms with van der Waals surface area (Å²) in [5.41, 5.74) is 0.953. The number of aliphatic carboxylic acids is 1. The number of hydrogen-bond acceptors (Lipinski definition) is 3. The number of carboxylic acids is 1. The molecule has 2 atom stereocenters. The predicted octanol–water partition coefficient (Wildman–Crippen LogP) is 1.64. The SMILES string of the molecule is CC(NC(=O)NCCC(O)C(=O)O)c1ccc(Br)cc1. The Morgan fingerprint density at radius 2 is 1.90 bits per heavy atom. The summed E-state index contributed by atoms with van der Waals surface area (Å²) in [5.74, 6) is -1.30. The van der Waals surface area contributed by atoms with Crippen LogP contribution < -0.4 is 10.6 Å². The molecule has 2 amide bonds. The first-order chi connectivity index (χ1) is 9.40. The molecule has 0 aliphatic carbocycles. The van der Waals surface area contributed by atoms with E-state index in [1.807, 2.05) is 31.2 Å². The average molecular weight is 345 g/mol. The second kappa shape index (κ2) is 7.86. The fourth-order valence-corrected chi connectivity index (χ4v) is 1.79. The maximum absolute atomic E-state index is 11.6. The number of aliphatic hydroxyl groups excluding tert-OH is 1. The molecule has 20 heavy (non-hydrogen) atoms. The molecular weight excluding hydrogens is 328 g/mol. The minimum atomic E-state index is -1.46. The summed E-state index contributed by atoms with van der Waals surface area (Å²) in [5, 5.41) is 22.8. The quantitative estimate of drug-likeness (QED) is 0.630. The number of hydrogen-bond donors (Lipinski definition) is 4. The predicted molar refractivity (Wildman–Crippen MR) is 77.4 cm³/mol. The van der Waals surface area contributed by atoms with Gasteiger partial charge in [-0.15, -0.1) is 0 Å². The Morgan fingerprint density at radius 1 is 1.30 bits per heavy atom. The van der Waals surface area contributed by atoms with E-state index in [9.17, 15) is 9.59 Å². The zero-order valence-corrected chi connectivity index (χ0v) is 12.6. The number of urea groups is 1. The van der Waals surface area contributed by atoms with Crippen molar-refractivity contribution in [1.29, 1.82) is 0 Å². The highest BCUT2D eigenvalue weighted by molar-refractivity contribution is 9.10. The van der Waals surface area contributed by atoms with Gasteiger partial charge in [-0.1, -0.05) is 28.1 Å². The lowest BCUT2D eigenvalue weighted by atomic mass is 10.1. The normalized spacial score (nSPS) is 13.3. The van der Waals surface area contributed by atoms with Crippen molar-refractivity contribution in [2.24, 2.45) is 0 Å². The first-order valence-electron chi connectivity index (χ1n) is 6.11. The van der Waals surface area contributed by atoms with Crippen molar-refractivity contribution in [2.75, 3.05) is 6.54 Å². The molecule has 7 heteroatoms. The lowest BCUT2D eigenvalue weighted by molar-refractivity contribution is -0.146. The van der Waals surface area contributed by atoms with Crippen molar-refractivity contribution in [2.45, 2.75) is 25.5 Å². The van der Waals surface area contributed by atoms with Crippen molar-refractivity contribution in [1.82, 2.24) is 10.6 Å². The molecule has 0 spiro atoms. The molecule has 1 aromatic rings. The average Bonchev–Trinajstić information content (AvgIpc) is 2.39. The second-order valence-electron chi connectivity index (χ2n) is 4.32. The molecule has 0 fully saturated rings. The number of benzene rings is 1. The molecule has 110 valence electrons. The van der Waals surface area contributed by atoms with Crippen LogP contribution in [0.15, 0.2) is 28.7 Å². The maximum atomic E-state index is 11.6. The van der Waals surface area contributed by atoms with Gasteiger partial charge >= 0.3 is 12.0 Å². The minimum absolute atomic E-state index is 0.0323. The standard InChI is InChI=1S/C13H17BrN2O4/c1-8(9-2-4-10(14)5-3-9)16-13(20)15-7-6-11(17)12(18)19/h2-5,8,11,17H,6-7H2,1H3,(H,18,19)(H2,15,16,20). The Kier molecular flexibility index (Phi) is 6.47. The van der Waals surface area contributed by atoms with Crippen LogP contribution in [0.5, 0.6) is 0 Å². The Balaban J connectivity index is 2.35. The zero-order valence-electron chi connectivity index (χ0n) is 11.0. The van der Waals surface area contributed by atoms with Gasteiger partial charge in [0, 0.05) is 17.4 Å². The molecule has 0 bridgehead atoms. The van der Waals surface area contributed by atoms with Gasteiger partial charge in [0.15, 0.2) is 6.10 Å². The van der Waals surface area contributed by atoms with Gasteiger partial charge in [0.2, 0.25) is 0 Å². The largest absolute Gasteiger partial charge is 0.479 e. The summed E-state index contributed by atoms with van der Waals surface area (Å²) in [6.45, 7) is 1.93. The Hall–Kier alpha value is -1.60. The number of nitrogens with one attached hydrogen (secondary N) is 2. The Morgan fingerprint density at radius 3 is 2.45 bits per heavy atom. The molecule has 0 radical (unpaired) electrons. The van der Waals surface area contributed by atoms with Gasteiger partial charge in [-0.25, -0.2) is 9.59 Å². The maximum Gasteiger partial charge on any atom is 0.332 e. The molecule has 1 aromatic carbocycles. The Labute approximate surface area is 125 Å². The zero-order chi connectivity index (χ0) is 15.1. The first-order valence-corrected chi connectivity index (χ1v) is 6.90. The third-order valence-corrected chi connectivity index (χ3v) is 3.23. The van der Waals surface area contributed by atoms with Gasteiger partial charge in [0.25, 0.3) is 0 Å². The van der Waals surface area contributed by atoms with Crippen LogP contribution in [0.4, 0.5) is 4.79 Å². The van der Waals surface area contributed by atoms with Gasteiger partial charge in [0.05, 0.1) is 6.04 Å². The van der Waals surface area contributed by atoms with Crippen molar-refractivity contribution < 1.29 is 19.8 Å². The smallest absolute Gasteiger partial charge is 0.332 e. The van der Waals surface area contributed by atoms with Gasteiger partial charge in [0.1, 0.15) is 0 Å². The number of halogens is 1. The molecule has 0 saturated carbocycles. The van der Waals surface area contributed by atoms with Crippen LogP contribution in [-0.4, -0.2) is 34.9 Å². The monoisotopic (exact) mass is 344 g/mol.